The maximum Gasteiger partial charge on any atom is 0.127 e. The van der Waals surface area contributed by atoms with Crippen LogP contribution in [0, 0.1) is 6.92 Å². The highest BCUT2D eigenvalue weighted by molar-refractivity contribution is 5.41. The van der Waals surface area contributed by atoms with E-state index in [1.54, 1.807) is 0 Å². The molecule has 1 fully saturated rings. The molecule has 0 spiro atoms. The molecular formula is C14H21NO2. The largest absolute Gasteiger partial charge is 0.487 e. The van der Waals surface area contributed by atoms with Crippen LogP contribution < -0.4 is 10.1 Å². The maximum absolute atomic E-state index is 9.82. The Morgan fingerprint density at radius 1 is 1.41 bits per heavy atom. The highest BCUT2D eigenvalue weighted by Crippen LogP contribution is 2.29. The summed E-state index contributed by atoms with van der Waals surface area (Å²) in [7, 11) is 1.93. The van der Waals surface area contributed by atoms with E-state index >= 15 is 0 Å². The lowest BCUT2D eigenvalue weighted by Crippen LogP contribution is -2.26. The Balaban J connectivity index is 2.18. The molecule has 1 aliphatic rings. The number of hydrogen-bond acceptors (Lipinski definition) is 3. The van der Waals surface area contributed by atoms with Crippen molar-refractivity contribution in [3.05, 3.63) is 29.3 Å². The molecule has 94 valence electrons. The van der Waals surface area contributed by atoms with Crippen LogP contribution in [0.15, 0.2) is 18.2 Å². The number of rotatable bonds is 4. The molecule has 0 amide bonds. The number of aliphatic hydroxyl groups is 1. The van der Waals surface area contributed by atoms with E-state index < -0.39 is 0 Å². The first-order chi connectivity index (χ1) is 8.22. The molecule has 2 rings (SSSR count). The quantitative estimate of drug-likeness (QED) is 0.838. The summed E-state index contributed by atoms with van der Waals surface area (Å²) < 4.78 is 6.01. The second kappa shape index (κ2) is 5.52. The van der Waals surface area contributed by atoms with Crippen LogP contribution in [0.25, 0.3) is 0 Å². The average molecular weight is 235 g/mol. The Morgan fingerprint density at radius 3 is 2.88 bits per heavy atom. The lowest BCUT2D eigenvalue weighted by atomic mass is 10.1. The fraction of sp³-hybridized carbons (Fsp3) is 0.571. The molecule has 3 nitrogen and oxygen atoms in total. The van der Waals surface area contributed by atoms with Crippen molar-refractivity contribution in [2.24, 2.45) is 0 Å². The smallest absolute Gasteiger partial charge is 0.127 e. The monoisotopic (exact) mass is 235 g/mol. The van der Waals surface area contributed by atoms with Crippen LogP contribution in [0.2, 0.25) is 0 Å². The zero-order chi connectivity index (χ0) is 12.3. The second-order valence-electron chi connectivity index (χ2n) is 4.75. The van der Waals surface area contributed by atoms with Gasteiger partial charge < -0.3 is 15.2 Å². The van der Waals surface area contributed by atoms with Gasteiger partial charge in [0, 0.05) is 12.1 Å². The van der Waals surface area contributed by atoms with Gasteiger partial charge in [0.15, 0.2) is 0 Å². The van der Waals surface area contributed by atoms with E-state index in [-0.39, 0.29) is 12.2 Å². The van der Waals surface area contributed by atoms with E-state index in [1.807, 2.05) is 13.1 Å². The summed E-state index contributed by atoms with van der Waals surface area (Å²) >= 11 is 0. The molecule has 0 radical (unpaired) electrons. The predicted octanol–water partition coefficient (Wildman–Crippen LogP) is 2.01. The first kappa shape index (κ1) is 12.4. The summed E-state index contributed by atoms with van der Waals surface area (Å²) in [6.07, 6.45) is 2.52. The molecule has 1 aromatic rings. The molecule has 0 aliphatic heterocycles. The van der Waals surface area contributed by atoms with E-state index in [0.29, 0.717) is 0 Å². The minimum absolute atomic E-state index is 0.0355. The van der Waals surface area contributed by atoms with E-state index in [2.05, 4.69) is 24.4 Å². The third-order valence-corrected chi connectivity index (χ3v) is 3.35. The molecule has 0 heterocycles. The molecule has 0 bridgehead atoms. The topological polar surface area (TPSA) is 41.5 Å². The molecule has 0 saturated heterocycles. The molecule has 3 heteroatoms. The summed E-state index contributed by atoms with van der Waals surface area (Å²) in [5.41, 5.74) is 2.29. The number of hydrogen-bond donors (Lipinski definition) is 2. The van der Waals surface area contributed by atoms with Gasteiger partial charge in [0.25, 0.3) is 0 Å². The summed E-state index contributed by atoms with van der Waals surface area (Å²) in [6.45, 7) is 2.84. The van der Waals surface area contributed by atoms with Gasteiger partial charge in [0.1, 0.15) is 11.9 Å². The summed E-state index contributed by atoms with van der Waals surface area (Å²) in [4.78, 5) is 0. The maximum atomic E-state index is 9.82. The number of aryl methyl sites for hydroxylation is 1. The van der Waals surface area contributed by atoms with Crippen molar-refractivity contribution >= 4 is 0 Å². The molecule has 2 atom stereocenters. The number of para-hydroxylation sites is 1. The minimum atomic E-state index is -0.308. The average Bonchev–Trinajstić information content (AvgIpc) is 2.70. The molecule has 1 saturated carbocycles. The Morgan fingerprint density at radius 2 is 2.24 bits per heavy atom. The second-order valence-corrected chi connectivity index (χ2v) is 4.75. The van der Waals surface area contributed by atoms with Gasteiger partial charge >= 0.3 is 0 Å². The number of aliphatic hydroxyl groups excluding tert-OH is 1. The van der Waals surface area contributed by atoms with Crippen molar-refractivity contribution in [1.82, 2.24) is 5.32 Å². The SMILES string of the molecule is CNCc1cccc(C)c1OC1CCCC1O. The Bertz CT molecular complexity index is 378. The molecule has 17 heavy (non-hydrogen) atoms. The minimum Gasteiger partial charge on any atom is -0.487 e. The molecule has 2 unspecified atom stereocenters. The standard InChI is InChI=1S/C14H21NO2/c1-10-5-3-6-11(9-15-2)14(10)17-13-8-4-7-12(13)16/h3,5-6,12-13,15-16H,4,7-9H2,1-2H3. The molecule has 1 aliphatic carbocycles. The first-order valence-corrected chi connectivity index (χ1v) is 6.30. The fourth-order valence-electron chi connectivity index (χ4n) is 2.41. The first-order valence-electron chi connectivity index (χ1n) is 6.30. The fourth-order valence-corrected chi connectivity index (χ4v) is 2.41. The number of ether oxygens (including phenoxy) is 1. The van der Waals surface area contributed by atoms with Crippen molar-refractivity contribution < 1.29 is 9.84 Å². The Labute approximate surface area is 103 Å². The molecule has 1 aromatic carbocycles. The van der Waals surface area contributed by atoms with Crippen LogP contribution in [-0.2, 0) is 6.54 Å². The lowest BCUT2D eigenvalue weighted by Gasteiger charge is -2.21. The van der Waals surface area contributed by atoms with Crippen LogP contribution in [0.3, 0.4) is 0 Å². The van der Waals surface area contributed by atoms with Gasteiger partial charge in [0.2, 0.25) is 0 Å². The van der Waals surface area contributed by atoms with Crippen LogP contribution in [0.4, 0.5) is 0 Å². The van der Waals surface area contributed by atoms with Crippen molar-refractivity contribution in [2.45, 2.75) is 44.9 Å². The van der Waals surface area contributed by atoms with Crippen molar-refractivity contribution in [3.63, 3.8) is 0 Å². The predicted molar refractivity (Wildman–Crippen MR) is 68.2 cm³/mol. The third kappa shape index (κ3) is 2.79. The zero-order valence-electron chi connectivity index (χ0n) is 10.6. The van der Waals surface area contributed by atoms with E-state index in [1.165, 1.54) is 0 Å². The Hall–Kier alpha value is -1.06. The van der Waals surface area contributed by atoms with Gasteiger partial charge in [0.05, 0.1) is 6.10 Å². The lowest BCUT2D eigenvalue weighted by molar-refractivity contribution is 0.0593. The Kier molecular flexibility index (Phi) is 4.02. The van der Waals surface area contributed by atoms with Gasteiger partial charge in [-0.05, 0) is 38.8 Å². The highest BCUT2D eigenvalue weighted by Gasteiger charge is 2.27. The van der Waals surface area contributed by atoms with Crippen LogP contribution in [-0.4, -0.2) is 24.4 Å². The van der Waals surface area contributed by atoms with E-state index in [9.17, 15) is 5.11 Å². The summed E-state index contributed by atoms with van der Waals surface area (Å²) in [6, 6.07) is 6.16. The van der Waals surface area contributed by atoms with Crippen molar-refractivity contribution in [1.29, 1.82) is 0 Å². The van der Waals surface area contributed by atoms with Gasteiger partial charge in [-0.1, -0.05) is 18.2 Å². The number of benzene rings is 1. The van der Waals surface area contributed by atoms with Gasteiger partial charge in [-0.2, -0.15) is 0 Å². The zero-order valence-corrected chi connectivity index (χ0v) is 10.6. The summed E-state index contributed by atoms with van der Waals surface area (Å²) in [5, 5.41) is 13.0. The van der Waals surface area contributed by atoms with Crippen LogP contribution >= 0.6 is 0 Å². The third-order valence-electron chi connectivity index (χ3n) is 3.35. The summed E-state index contributed by atoms with van der Waals surface area (Å²) in [5.74, 6) is 0.938. The van der Waals surface area contributed by atoms with Crippen molar-refractivity contribution in [2.75, 3.05) is 7.05 Å². The van der Waals surface area contributed by atoms with Crippen LogP contribution in [0.5, 0.6) is 5.75 Å². The molecular weight excluding hydrogens is 214 g/mol. The molecule has 0 aromatic heterocycles. The highest BCUT2D eigenvalue weighted by atomic mass is 16.5. The van der Waals surface area contributed by atoms with Gasteiger partial charge in [-0.25, -0.2) is 0 Å². The van der Waals surface area contributed by atoms with E-state index in [4.69, 9.17) is 4.74 Å². The normalized spacial score (nSPS) is 23.9. The van der Waals surface area contributed by atoms with Gasteiger partial charge in [-0.3, -0.25) is 0 Å². The van der Waals surface area contributed by atoms with Crippen LogP contribution in [0.1, 0.15) is 30.4 Å². The van der Waals surface area contributed by atoms with Gasteiger partial charge in [-0.15, -0.1) is 0 Å². The van der Waals surface area contributed by atoms with E-state index in [0.717, 1.165) is 42.7 Å². The number of nitrogens with one attached hydrogen (secondary N) is 1. The molecule has 2 N–H and O–H groups in total. The van der Waals surface area contributed by atoms with Crippen molar-refractivity contribution in [3.8, 4) is 5.75 Å².